The van der Waals surface area contributed by atoms with Crippen LogP contribution in [-0.4, -0.2) is 5.78 Å². The van der Waals surface area contributed by atoms with Gasteiger partial charge in [-0.25, -0.2) is 0 Å². The van der Waals surface area contributed by atoms with E-state index in [2.05, 4.69) is 20.8 Å². The van der Waals surface area contributed by atoms with Gasteiger partial charge in [-0.05, 0) is 50.7 Å². The summed E-state index contributed by atoms with van der Waals surface area (Å²) in [5, 5.41) is 0. The molecular formula is C14H20OS. The molecule has 1 nitrogen and oxygen atoms in total. The van der Waals surface area contributed by atoms with Crippen molar-refractivity contribution in [2.75, 3.05) is 0 Å². The number of rotatable bonds is 5. The lowest BCUT2D eigenvalue weighted by Gasteiger charge is -2.03. The molecular weight excluding hydrogens is 216 g/mol. The minimum absolute atomic E-state index is 0.421. The Kier molecular flexibility index (Phi) is 3.48. The Bertz CT molecular complexity index is 399. The van der Waals surface area contributed by atoms with Crippen molar-refractivity contribution in [1.29, 1.82) is 0 Å². The first-order chi connectivity index (χ1) is 7.63. The number of Topliss-reactive ketones (excluding diaryl/α,β-unsaturated/α-hetero) is 1. The third-order valence-corrected chi connectivity index (χ3v) is 4.96. The monoisotopic (exact) mass is 236 g/mol. The van der Waals surface area contributed by atoms with Crippen LogP contribution in [0.4, 0.5) is 0 Å². The molecule has 1 aliphatic carbocycles. The van der Waals surface area contributed by atoms with Crippen molar-refractivity contribution in [2.24, 2.45) is 5.92 Å². The van der Waals surface area contributed by atoms with Gasteiger partial charge in [0.15, 0.2) is 0 Å². The van der Waals surface area contributed by atoms with E-state index in [0.717, 1.165) is 32.1 Å². The van der Waals surface area contributed by atoms with Gasteiger partial charge in [0.05, 0.1) is 0 Å². The van der Waals surface area contributed by atoms with E-state index in [1.807, 2.05) is 11.3 Å². The molecule has 1 aromatic heterocycles. The average molecular weight is 236 g/mol. The summed E-state index contributed by atoms with van der Waals surface area (Å²) in [5.41, 5.74) is 2.88. The molecule has 0 amide bonds. The van der Waals surface area contributed by atoms with Gasteiger partial charge in [0.25, 0.3) is 0 Å². The molecule has 0 N–H and O–H groups in total. The van der Waals surface area contributed by atoms with Gasteiger partial charge in [0.1, 0.15) is 5.78 Å². The highest BCUT2D eigenvalue weighted by Gasteiger charge is 2.29. The molecule has 0 unspecified atom stereocenters. The minimum atomic E-state index is 0.421. The van der Waals surface area contributed by atoms with E-state index in [1.165, 1.54) is 20.9 Å². The zero-order valence-corrected chi connectivity index (χ0v) is 11.2. The number of carbonyl (C=O) groups excluding carboxylic acids is 1. The molecule has 88 valence electrons. The smallest absolute Gasteiger partial charge is 0.136 e. The number of hydrogen-bond donors (Lipinski definition) is 0. The predicted octanol–water partition coefficient (Wildman–Crippen LogP) is 3.84. The first kappa shape index (κ1) is 11.8. The van der Waals surface area contributed by atoms with Crippen molar-refractivity contribution in [3.63, 3.8) is 0 Å². The Morgan fingerprint density at radius 2 is 2.06 bits per heavy atom. The van der Waals surface area contributed by atoms with Crippen LogP contribution in [0.15, 0.2) is 0 Å². The summed E-state index contributed by atoms with van der Waals surface area (Å²) in [5.74, 6) is 0.912. The van der Waals surface area contributed by atoms with Gasteiger partial charge in [0, 0.05) is 22.1 Å². The van der Waals surface area contributed by atoms with Crippen LogP contribution in [0.3, 0.4) is 0 Å². The maximum atomic E-state index is 11.7. The maximum absolute atomic E-state index is 11.7. The molecule has 0 aromatic carbocycles. The molecule has 1 fully saturated rings. The highest BCUT2D eigenvalue weighted by Crippen LogP contribution is 2.33. The zero-order chi connectivity index (χ0) is 11.7. The second kappa shape index (κ2) is 4.70. The molecule has 0 saturated heterocycles. The predicted molar refractivity (Wildman–Crippen MR) is 69.2 cm³/mol. The highest BCUT2D eigenvalue weighted by atomic mass is 32.1. The minimum Gasteiger partial charge on any atom is -0.299 e. The van der Waals surface area contributed by atoms with Crippen LogP contribution < -0.4 is 0 Å². The Hall–Kier alpha value is -0.630. The molecule has 0 atom stereocenters. The van der Waals surface area contributed by atoms with Crippen LogP contribution in [0.1, 0.15) is 47.1 Å². The van der Waals surface area contributed by atoms with Crippen LogP contribution in [0.2, 0.25) is 0 Å². The van der Waals surface area contributed by atoms with Gasteiger partial charge < -0.3 is 0 Å². The first-order valence-electron chi connectivity index (χ1n) is 6.24. The van der Waals surface area contributed by atoms with Crippen LogP contribution >= 0.6 is 11.3 Å². The van der Waals surface area contributed by atoms with Crippen LogP contribution in [0.25, 0.3) is 0 Å². The third-order valence-electron chi connectivity index (χ3n) is 3.57. The van der Waals surface area contributed by atoms with Crippen molar-refractivity contribution in [3.05, 3.63) is 20.9 Å². The van der Waals surface area contributed by atoms with Crippen molar-refractivity contribution in [3.8, 4) is 0 Å². The molecule has 2 heteroatoms. The Balaban J connectivity index is 2.04. The number of hydrogen-bond acceptors (Lipinski definition) is 2. The summed E-state index contributed by atoms with van der Waals surface area (Å²) in [6, 6.07) is 0. The lowest BCUT2D eigenvalue weighted by molar-refractivity contribution is -0.120. The number of thiophene rings is 1. The standard InChI is InChI=1S/C14H20OS/c1-4-14-12(9(2)10(3)16-14)7-8-13(15)11-5-6-11/h11H,4-8H2,1-3H3. The van der Waals surface area contributed by atoms with E-state index < -0.39 is 0 Å². The molecule has 1 heterocycles. The van der Waals surface area contributed by atoms with Gasteiger partial charge in [-0.2, -0.15) is 0 Å². The van der Waals surface area contributed by atoms with Gasteiger partial charge in [-0.15, -0.1) is 11.3 Å². The topological polar surface area (TPSA) is 17.1 Å². The summed E-state index contributed by atoms with van der Waals surface area (Å²) in [6.45, 7) is 6.59. The van der Waals surface area contributed by atoms with Crippen LogP contribution in [-0.2, 0) is 17.6 Å². The summed E-state index contributed by atoms with van der Waals surface area (Å²) in [7, 11) is 0. The van der Waals surface area contributed by atoms with Crippen molar-refractivity contribution >= 4 is 17.1 Å². The summed E-state index contributed by atoms with van der Waals surface area (Å²) in [6.07, 6.45) is 5.11. The largest absolute Gasteiger partial charge is 0.299 e. The van der Waals surface area contributed by atoms with Gasteiger partial charge >= 0.3 is 0 Å². The maximum Gasteiger partial charge on any atom is 0.136 e. The van der Waals surface area contributed by atoms with Gasteiger partial charge in [0.2, 0.25) is 0 Å². The molecule has 0 radical (unpaired) electrons. The van der Waals surface area contributed by atoms with E-state index in [9.17, 15) is 4.79 Å². The molecule has 0 aliphatic heterocycles. The van der Waals surface area contributed by atoms with Crippen molar-refractivity contribution < 1.29 is 4.79 Å². The fourth-order valence-electron chi connectivity index (χ4n) is 2.21. The normalized spacial score (nSPS) is 15.4. The fraction of sp³-hybridized carbons (Fsp3) is 0.643. The van der Waals surface area contributed by atoms with E-state index >= 15 is 0 Å². The van der Waals surface area contributed by atoms with E-state index in [1.54, 1.807) is 0 Å². The summed E-state index contributed by atoms with van der Waals surface area (Å²) in [4.78, 5) is 14.6. The van der Waals surface area contributed by atoms with Crippen molar-refractivity contribution in [2.45, 2.75) is 52.9 Å². The van der Waals surface area contributed by atoms with Crippen LogP contribution in [0, 0.1) is 19.8 Å². The third kappa shape index (κ3) is 2.37. The average Bonchev–Trinajstić information content (AvgIpc) is 3.06. The lowest BCUT2D eigenvalue weighted by atomic mass is 10.0. The lowest BCUT2D eigenvalue weighted by Crippen LogP contribution is -2.03. The number of carbonyl (C=O) groups is 1. The number of aryl methyl sites for hydroxylation is 2. The summed E-state index contributed by atoms with van der Waals surface area (Å²) >= 11 is 1.91. The van der Waals surface area contributed by atoms with E-state index in [4.69, 9.17) is 0 Å². The number of ketones is 1. The van der Waals surface area contributed by atoms with Crippen molar-refractivity contribution in [1.82, 2.24) is 0 Å². The highest BCUT2D eigenvalue weighted by molar-refractivity contribution is 7.12. The van der Waals surface area contributed by atoms with Gasteiger partial charge in [-0.1, -0.05) is 6.92 Å². The van der Waals surface area contributed by atoms with E-state index in [0.29, 0.717) is 11.7 Å². The SMILES string of the molecule is CCc1sc(C)c(C)c1CCC(=O)C1CC1. The quantitative estimate of drug-likeness (QED) is 0.759. The summed E-state index contributed by atoms with van der Waals surface area (Å²) < 4.78 is 0. The fourth-order valence-corrected chi connectivity index (χ4v) is 3.38. The Morgan fingerprint density at radius 1 is 1.38 bits per heavy atom. The molecule has 16 heavy (non-hydrogen) atoms. The first-order valence-corrected chi connectivity index (χ1v) is 7.05. The molecule has 2 rings (SSSR count). The molecule has 1 saturated carbocycles. The van der Waals surface area contributed by atoms with E-state index in [-0.39, 0.29) is 0 Å². The Morgan fingerprint density at radius 3 is 2.62 bits per heavy atom. The zero-order valence-electron chi connectivity index (χ0n) is 10.4. The molecule has 1 aliphatic rings. The Labute approximate surface area is 102 Å². The van der Waals surface area contributed by atoms with Gasteiger partial charge in [-0.3, -0.25) is 4.79 Å². The second-order valence-corrected chi connectivity index (χ2v) is 6.09. The van der Waals surface area contributed by atoms with Crippen LogP contribution in [0.5, 0.6) is 0 Å². The molecule has 0 spiro atoms. The molecule has 1 aromatic rings. The second-order valence-electron chi connectivity index (χ2n) is 4.78. The molecule has 0 bridgehead atoms.